The third kappa shape index (κ3) is 3.90. The van der Waals surface area contributed by atoms with Crippen LogP contribution in [0, 0.1) is 0 Å². The second-order valence-electron chi connectivity index (χ2n) is 6.60. The van der Waals surface area contributed by atoms with Crippen LogP contribution in [-0.4, -0.2) is 36.6 Å². The van der Waals surface area contributed by atoms with Crippen LogP contribution in [0.15, 0.2) is 36.4 Å². The first-order valence-corrected chi connectivity index (χ1v) is 8.66. The van der Waals surface area contributed by atoms with Gasteiger partial charge in [-0.1, -0.05) is 31.2 Å². The molecule has 144 valence electrons. The number of amides is 2. The predicted molar refractivity (Wildman–Crippen MR) is 96.3 cm³/mol. The summed E-state index contributed by atoms with van der Waals surface area (Å²) in [5, 5.41) is 3.69. The van der Waals surface area contributed by atoms with E-state index in [2.05, 4.69) is 0 Å². The minimum absolute atomic E-state index is 0.145. The lowest BCUT2D eigenvalue weighted by molar-refractivity contribution is -0.139. The van der Waals surface area contributed by atoms with Crippen molar-refractivity contribution in [1.82, 2.24) is 5.32 Å². The molecule has 0 saturated carbocycles. The van der Waals surface area contributed by atoms with Gasteiger partial charge in [-0.15, -0.1) is 0 Å². The van der Waals surface area contributed by atoms with E-state index in [1.807, 2.05) is 35.6 Å². The summed E-state index contributed by atoms with van der Waals surface area (Å²) >= 11 is 0. The Morgan fingerprint density at radius 1 is 1.26 bits per heavy atom. The SMILES string of the molecule is CC[C@H](N)C(=O)N1c2cc3ccccc3cc2CC1C(=O)NCC(F)(F)F. The lowest BCUT2D eigenvalue weighted by Gasteiger charge is -2.27. The van der Waals surface area contributed by atoms with Crippen molar-refractivity contribution in [3.05, 3.63) is 42.0 Å². The number of carbonyl (C=O) groups is 2. The van der Waals surface area contributed by atoms with Gasteiger partial charge in [0.1, 0.15) is 12.6 Å². The number of benzene rings is 2. The number of fused-ring (bicyclic) bond motifs is 2. The van der Waals surface area contributed by atoms with Crippen LogP contribution in [-0.2, 0) is 16.0 Å². The first-order valence-electron chi connectivity index (χ1n) is 8.66. The number of nitrogens with zero attached hydrogens (tertiary/aromatic N) is 1. The topological polar surface area (TPSA) is 75.4 Å². The molecule has 2 aromatic carbocycles. The van der Waals surface area contributed by atoms with E-state index in [0.717, 1.165) is 16.3 Å². The van der Waals surface area contributed by atoms with Crippen LogP contribution in [0.3, 0.4) is 0 Å². The lowest BCUT2D eigenvalue weighted by Crippen LogP contribution is -2.53. The summed E-state index contributed by atoms with van der Waals surface area (Å²) in [6.45, 7) is 0.293. The molecule has 0 aromatic heterocycles. The van der Waals surface area contributed by atoms with E-state index in [-0.39, 0.29) is 6.42 Å². The molecule has 3 rings (SSSR count). The van der Waals surface area contributed by atoms with Gasteiger partial charge in [0.05, 0.1) is 6.04 Å². The summed E-state index contributed by atoms with van der Waals surface area (Å²) in [7, 11) is 0. The Labute approximate surface area is 154 Å². The van der Waals surface area contributed by atoms with Gasteiger partial charge in [-0.05, 0) is 34.9 Å². The van der Waals surface area contributed by atoms with Crippen molar-refractivity contribution in [2.45, 2.75) is 38.0 Å². The molecule has 1 unspecified atom stereocenters. The second kappa shape index (κ2) is 7.19. The molecule has 27 heavy (non-hydrogen) atoms. The zero-order chi connectivity index (χ0) is 19.8. The zero-order valence-electron chi connectivity index (χ0n) is 14.7. The van der Waals surface area contributed by atoms with Crippen LogP contribution in [0.5, 0.6) is 0 Å². The molecule has 2 atom stereocenters. The maximum Gasteiger partial charge on any atom is 0.405 e. The van der Waals surface area contributed by atoms with E-state index in [1.165, 1.54) is 4.90 Å². The first-order chi connectivity index (χ1) is 12.7. The lowest BCUT2D eigenvalue weighted by atomic mass is 10.0. The minimum atomic E-state index is -4.52. The Morgan fingerprint density at radius 2 is 1.89 bits per heavy atom. The van der Waals surface area contributed by atoms with Crippen LogP contribution >= 0.6 is 0 Å². The maximum atomic E-state index is 12.8. The summed E-state index contributed by atoms with van der Waals surface area (Å²) in [5.41, 5.74) is 7.13. The molecule has 3 N–H and O–H groups in total. The summed E-state index contributed by atoms with van der Waals surface area (Å²) in [4.78, 5) is 26.5. The number of carbonyl (C=O) groups excluding carboxylic acids is 2. The molecule has 0 radical (unpaired) electrons. The molecule has 5 nitrogen and oxygen atoms in total. The van der Waals surface area contributed by atoms with Crippen LogP contribution in [0.2, 0.25) is 0 Å². The van der Waals surface area contributed by atoms with E-state index in [1.54, 1.807) is 13.0 Å². The number of anilines is 1. The van der Waals surface area contributed by atoms with Gasteiger partial charge in [-0.2, -0.15) is 13.2 Å². The molecule has 0 aliphatic carbocycles. The van der Waals surface area contributed by atoms with Gasteiger partial charge >= 0.3 is 6.18 Å². The Morgan fingerprint density at radius 3 is 2.48 bits per heavy atom. The van der Waals surface area contributed by atoms with Crippen molar-refractivity contribution in [1.29, 1.82) is 0 Å². The normalized spacial score (nSPS) is 17.7. The van der Waals surface area contributed by atoms with E-state index in [0.29, 0.717) is 12.1 Å². The minimum Gasteiger partial charge on any atom is -0.345 e. The average Bonchev–Trinajstić information content (AvgIpc) is 3.00. The van der Waals surface area contributed by atoms with E-state index in [4.69, 9.17) is 5.73 Å². The van der Waals surface area contributed by atoms with Crippen molar-refractivity contribution in [3.8, 4) is 0 Å². The van der Waals surface area contributed by atoms with Crippen LogP contribution in [0.4, 0.5) is 18.9 Å². The highest BCUT2D eigenvalue weighted by Crippen LogP contribution is 2.36. The van der Waals surface area contributed by atoms with E-state index in [9.17, 15) is 22.8 Å². The summed E-state index contributed by atoms with van der Waals surface area (Å²) < 4.78 is 37.4. The van der Waals surface area contributed by atoms with Crippen LogP contribution in [0.1, 0.15) is 18.9 Å². The number of halogens is 3. The average molecular weight is 379 g/mol. The zero-order valence-corrected chi connectivity index (χ0v) is 14.7. The fourth-order valence-corrected chi connectivity index (χ4v) is 3.27. The smallest absolute Gasteiger partial charge is 0.345 e. The van der Waals surface area contributed by atoms with E-state index < -0.39 is 36.6 Å². The molecule has 1 aliphatic heterocycles. The third-order valence-electron chi connectivity index (χ3n) is 4.69. The fraction of sp³-hybridized carbons (Fsp3) is 0.368. The highest BCUT2D eigenvalue weighted by atomic mass is 19.4. The van der Waals surface area contributed by atoms with Gasteiger partial charge in [0.25, 0.3) is 0 Å². The first kappa shape index (κ1) is 19.2. The number of alkyl halides is 3. The summed E-state index contributed by atoms with van der Waals surface area (Å²) in [6.07, 6.45) is -4.02. The van der Waals surface area contributed by atoms with E-state index >= 15 is 0 Å². The molecule has 8 heteroatoms. The summed E-state index contributed by atoms with van der Waals surface area (Å²) in [6, 6.07) is 9.24. The number of nitrogens with one attached hydrogen (secondary N) is 1. The van der Waals surface area contributed by atoms with Crippen molar-refractivity contribution in [2.75, 3.05) is 11.4 Å². The maximum absolute atomic E-state index is 12.8. The molecule has 0 spiro atoms. The summed E-state index contributed by atoms with van der Waals surface area (Å²) in [5.74, 6) is -1.32. The fourth-order valence-electron chi connectivity index (χ4n) is 3.27. The Hall–Kier alpha value is -2.61. The molecular weight excluding hydrogens is 359 g/mol. The molecule has 2 aromatic rings. The van der Waals surface area contributed by atoms with Gasteiger partial charge < -0.3 is 11.1 Å². The highest BCUT2D eigenvalue weighted by molar-refractivity contribution is 6.07. The van der Waals surface area contributed by atoms with Gasteiger partial charge in [0, 0.05) is 12.1 Å². The number of hydrogen-bond acceptors (Lipinski definition) is 3. The molecule has 1 heterocycles. The van der Waals surface area contributed by atoms with Gasteiger partial charge in [-0.3, -0.25) is 14.5 Å². The standard InChI is InChI=1S/C19H20F3N3O2/c1-2-14(23)18(27)25-15-8-12-6-4-3-5-11(12)7-13(15)9-16(25)17(26)24-10-19(20,21)22/h3-8,14,16H,2,9-10,23H2,1H3,(H,24,26)/t14-,16?/m0/s1. The van der Waals surface area contributed by atoms with Crippen molar-refractivity contribution in [3.63, 3.8) is 0 Å². The highest BCUT2D eigenvalue weighted by Gasteiger charge is 2.41. The number of hydrogen-bond donors (Lipinski definition) is 2. The van der Waals surface area contributed by atoms with Crippen molar-refractivity contribution >= 4 is 28.3 Å². The largest absolute Gasteiger partial charge is 0.405 e. The molecule has 1 aliphatic rings. The number of nitrogens with two attached hydrogens (primary N) is 1. The molecule has 2 amide bonds. The van der Waals surface area contributed by atoms with Gasteiger partial charge in [0.15, 0.2) is 0 Å². The predicted octanol–water partition coefficient (Wildman–Crippen LogP) is 2.51. The van der Waals surface area contributed by atoms with Gasteiger partial charge in [-0.25, -0.2) is 0 Å². The molecule has 0 saturated heterocycles. The third-order valence-corrected chi connectivity index (χ3v) is 4.69. The Bertz CT molecular complexity index is 882. The van der Waals surface area contributed by atoms with Crippen LogP contribution in [0.25, 0.3) is 10.8 Å². The van der Waals surface area contributed by atoms with Gasteiger partial charge in [0.2, 0.25) is 11.8 Å². The number of rotatable bonds is 4. The Kier molecular flexibility index (Phi) is 5.10. The Balaban J connectivity index is 1.98. The molecule has 0 fully saturated rings. The molecule has 0 bridgehead atoms. The monoisotopic (exact) mass is 379 g/mol. The van der Waals surface area contributed by atoms with Crippen LogP contribution < -0.4 is 16.0 Å². The second-order valence-corrected chi connectivity index (χ2v) is 6.60. The van der Waals surface area contributed by atoms with Crippen molar-refractivity contribution < 1.29 is 22.8 Å². The molecular formula is C19H20F3N3O2. The quantitative estimate of drug-likeness (QED) is 0.857. The van der Waals surface area contributed by atoms with Crippen molar-refractivity contribution in [2.24, 2.45) is 5.73 Å².